The van der Waals surface area contributed by atoms with Gasteiger partial charge in [-0.15, -0.1) is 0 Å². The summed E-state index contributed by atoms with van der Waals surface area (Å²) in [4.78, 5) is 26.6. The molecule has 8 heteroatoms. The number of hydrogen-bond donors (Lipinski definition) is 1. The monoisotopic (exact) mass is 406 g/mol. The van der Waals surface area contributed by atoms with Crippen LogP contribution in [0.3, 0.4) is 0 Å². The first-order valence-corrected chi connectivity index (χ1v) is 9.59. The van der Waals surface area contributed by atoms with E-state index in [1.54, 1.807) is 34.0 Å². The number of aromatic nitrogens is 2. The smallest absolute Gasteiger partial charge is 0.280 e. The Labute approximate surface area is 174 Å². The summed E-state index contributed by atoms with van der Waals surface area (Å²) in [5.41, 5.74) is 2.21. The average molecular weight is 406 g/mol. The zero-order chi connectivity index (χ0) is 21.1. The van der Waals surface area contributed by atoms with E-state index in [1.807, 2.05) is 30.3 Å². The van der Waals surface area contributed by atoms with Crippen molar-refractivity contribution in [2.45, 2.75) is 12.8 Å². The number of anilines is 2. The van der Waals surface area contributed by atoms with Gasteiger partial charge in [-0.2, -0.15) is 5.10 Å². The molecular formula is C22H22N4O4. The van der Waals surface area contributed by atoms with Crippen molar-refractivity contribution < 1.29 is 19.1 Å². The van der Waals surface area contributed by atoms with Crippen LogP contribution in [0.25, 0.3) is 5.69 Å². The molecule has 2 heterocycles. The largest absolute Gasteiger partial charge is 0.494 e. The number of nitrogens with zero attached hydrogens (tertiary/aromatic N) is 3. The first-order valence-electron chi connectivity index (χ1n) is 9.59. The third-order valence-electron chi connectivity index (χ3n) is 4.94. The summed E-state index contributed by atoms with van der Waals surface area (Å²) < 4.78 is 12.4. The van der Waals surface area contributed by atoms with Gasteiger partial charge >= 0.3 is 0 Å². The average Bonchev–Trinajstić information content (AvgIpc) is 3.40. The molecular weight excluding hydrogens is 384 g/mol. The van der Waals surface area contributed by atoms with E-state index in [9.17, 15) is 9.59 Å². The fourth-order valence-corrected chi connectivity index (χ4v) is 3.45. The zero-order valence-corrected chi connectivity index (χ0v) is 16.8. The third kappa shape index (κ3) is 3.71. The molecule has 30 heavy (non-hydrogen) atoms. The summed E-state index contributed by atoms with van der Waals surface area (Å²) in [7, 11) is 3.03. The molecule has 0 bridgehead atoms. The summed E-state index contributed by atoms with van der Waals surface area (Å²) >= 11 is 0. The zero-order valence-electron chi connectivity index (χ0n) is 16.8. The highest BCUT2D eigenvalue weighted by Gasteiger charge is 2.25. The van der Waals surface area contributed by atoms with Gasteiger partial charge in [-0.1, -0.05) is 18.2 Å². The van der Waals surface area contributed by atoms with Gasteiger partial charge in [0.2, 0.25) is 5.91 Å². The molecule has 1 aliphatic rings. The predicted molar refractivity (Wildman–Crippen MR) is 113 cm³/mol. The highest BCUT2D eigenvalue weighted by Crippen LogP contribution is 2.34. The normalized spacial score (nSPS) is 13.4. The Kier molecular flexibility index (Phi) is 5.38. The molecule has 0 radical (unpaired) electrons. The number of rotatable bonds is 6. The second kappa shape index (κ2) is 8.28. The Bertz CT molecular complexity index is 1080. The van der Waals surface area contributed by atoms with Gasteiger partial charge in [0.05, 0.1) is 31.8 Å². The van der Waals surface area contributed by atoms with Gasteiger partial charge in [0.25, 0.3) is 5.91 Å². The summed E-state index contributed by atoms with van der Waals surface area (Å²) in [5, 5.41) is 7.20. The second-order valence-corrected chi connectivity index (χ2v) is 6.82. The minimum Gasteiger partial charge on any atom is -0.494 e. The van der Waals surface area contributed by atoms with E-state index in [4.69, 9.17) is 9.47 Å². The molecule has 0 saturated carbocycles. The molecule has 0 atom stereocenters. The van der Waals surface area contributed by atoms with Gasteiger partial charge < -0.3 is 19.7 Å². The van der Waals surface area contributed by atoms with Crippen LogP contribution < -0.4 is 19.7 Å². The number of amides is 2. The Hall–Kier alpha value is -3.81. The number of hydrogen-bond acceptors (Lipinski definition) is 5. The molecule has 1 fully saturated rings. The van der Waals surface area contributed by atoms with Crippen molar-refractivity contribution in [3.05, 3.63) is 60.4 Å². The fraction of sp³-hybridized carbons (Fsp3) is 0.227. The molecule has 0 aliphatic carbocycles. The number of carbonyl (C=O) groups is 2. The van der Waals surface area contributed by atoms with Crippen LogP contribution in [0.1, 0.15) is 23.3 Å². The first-order chi connectivity index (χ1) is 14.6. The molecule has 3 aromatic rings. The Balaban J connectivity index is 1.58. The van der Waals surface area contributed by atoms with Crippen molar-refractivity contribution in [1.29, 1.82) is 0 Å². The lowest BCUT2D eigenvalue weighted by Crippen LogP contribution is -2.24. The molecule has 154 valence electrons. The Morgan fingerprint density at radius 1 is 1.07 bits per heavy atom. The number of carbonyl (C=O) groups excluding carboxylic acids is 2. The molecule has 1 saturated heterocycles. The fourth-order valence-electron chi connectivity index (χ4n) is 3.45. The lowest BCUT2D eigenvalue weighted by atomic mass is 10.2. The summed E-state index contributed by atoms with van der Waals surface area (Å²) in [5.74, 6) is 0.544. The summed E-state index contributed by atoms with van der Waals surface area (Å²) in [6.45, 7) is 0.662. The second-order valence-electron chi connectivity index (χ2n) is 6.82. The van der Waals surface area contributed by atoms with E-state index in [0.717, 1.165) is 12.1 Å². The van der Waals surface area contributed by atoms with E-state index in [-0.39, 0.29) is 11.6 Å². The molecule has 1 N–H and O–H groups in total. The Morgan fingerprint density at radius 2 is 1.83 bits per heavy atom. The number of benzene rings is 2. The summed E-state index contributed by atoms with van der Waals surface area (Å²) in [6.07, 6.45) is 3.02. The van der Waals surface area contributed by atoms with E-state index in [2.05, 4.69) is 10.4 Å². The number of ether oxygens (including phenoxy) is 2. The van der Waals surface area contributed by atoms with E-state index in [1.165, 1.54) is 14.2 Å². The summed E-state index contributed by atoms with van der Waals surface area (Å²) in [6, 6.07) is 14.7. The number of methoxy groups -OCH3 is 2. The van der Waals surface area contributed by atoms with Crippen molar-refractivity contribution in [3.63, 3.8) is 0 Å². The molecule has 0 spiro atoms. The Morgan fingerprint density at radius 3 is 2.50 bits per heavy atom. The maximum absolute atomic E-state index is 12.9. The highest BCUT2D eigenvalue weighted by molar-refractivity contribution is 6.05. The van der Waals surface area contributed by atoms with Gasteiger partial charge in [-0.25, -0.2) is 4.68 Å². The maximum atomic E-state index is 12.9. The lowest BCUT2D eigenvalue weighted by molar-refractivity contribution is -0.117. The third-order valence-corrected chi connectivity index (χ3v) is 4.94. The molecule has 4 rings (SSSR count). The minimum absolute atomic E-state index is 0.0706. The van der Waals surface area contributed by atoms with Crippen molar-refractivity contribution in [3.8, 4) is 17.2 Å². The molecule has 0 unspecified atom stereocenters. The van der Waals surface area contributed by atoms with E-state index < -0.39 is 5.91 Å². The van der Waals surface area contributed by atoms with Gasteiger partial charge in [-0.3, -0.25) is 9.59 Å². The molecule has 2 aromatic carbocycles. The van der Waals surface area contributed by atoms with Gasteiger partial charge in [-0.05, 0) is 30.7 Å². The molecule has 8 nitrogen and oxygen atoms in total. The van der Waals surface area contributed by atoms with Crippen molar-refractivity contribution in [2.75, 3.05) is 31.0 Å². The molecule has 2 amide bonds. The van der Waals surface area contributed by atoms with Crippen LogP contribution in [-0.2, 0) is 4.79 Å². The predicted octanol–water partition coefficient (Wildman–Crippen LogP) is 3.27. The van der Waals surface area contributed by atoms with Gasteiger partial charge in [0, 0.05) is 24.7 Å². The highest BCUT2D eigenvalue weighted by atomic mass is 16.5. The molecule has 1 aliphatic heterocycles. The first kappa shape index (κ1) is 19.5. The quantitative estimate of drug-likeness (QED) is 0.679. The number of nitrogens with one attached hydrogen (secondary N) is 1. The topological polar surface area (TPSA) is 85.7 Å². The van der Waals surface area contributed by atoms with Gasteiger partial charge in [0.1, 0.15) is 5.75 Å². The van der Waals surface area contributed by atoms with Gasteiger partial charge in [0.15, 0.2) is 11.4 Å². The van der Waals surface area contributed by atoms with E-state index >= 15 is 0 Å². The van der Waals surface area contributed by atoms with Crippen LogP contribution in [0.4, 0.5) is 11.4 Å². The number of para-hydroxylation sites is 1. The van der Waals surface area contributed by atoms with Crippen LogP contribution in [0, 0.1) is 0 Å². The van der Waals surface area contributed by atoms with Crippen LogP contribution in [-0.4, -0.2) is 42.4 Å². The lowest BCUT2D eigenvalue weighted by Gasteiger charge is -2.19. The van der Waals surface area contributed by atoms with Crippen molar-refractivity contribution >= 4 is 23.2 Å². The SMILES string of the molecule is COc1cc(NC(=O)c2nn(-c3ccccc3)cc2OC)ccc1N1CCCC1=O. The van der Waals surface area contributed by atoms with Crippen LogP contribution in [0.2, 0.25) is 0 Å². The standard InChI is InChI=1S/C22H22N4O4/c1-29-18-13-15(10-11-17(18)25-12-6-9-20(25)27)23-22(28)21-19(30-2)14-26(24-21)16-7-4-3-5-8-16/h3-5,7-8,10-11,13-14H,6,9,12H2,1-2H3,(H,23,28). The van der Waals surface area contributed by atoms with Crippen LogP contribution in [0.15, 0.2) is 54.7 Å². The van der Waals surface area contributed by atoms with Crippen molar-refractivity contribution in [1.82, 2.24) is 9.78 Å². The van der Waals surface area contributed by atoms with E-state index in [0.29, 0.717) is 35.8 Å². The van der Waals surface area contributed by atoms with Crippen molar-refractivity contribution in [2.24, 2.45) is 0 Å². The maximum Gasteiger partial charge on any atom is 0.280 e. The van der Waals surface area contributed by atoms with Crippen LogP contribution in [0.5, 0.6) is 11.5 Å². The minimum atomic E-state index is -0.409. The van der Waals surface area contributed by atoms with Crippen LogP contribution >= 0.6 is 0 Å². The molecule has 1 aromatic heterocycles.